The van der Waals surface area contributed by atoms with Crippen LogP contribution < -0.4 is 9.47 Å². The van der Waals surface area contributed by atoms with E-state index in [4.69, 9.17) is 9.47 Å². The minimum absolute atomic E-state index is 0.00868. The summed E-state index contributed by atoms with van der Waals surface area (Å²) in [7, 11) is 0. The fraction of sp³-hybridized carbons (Fsp3) is 0.400. The molecule has 132 valence electrons. The smallest absolute Gasteiger partial charge is 0.260 e. The number of aromatic nitrogens is 1. The first-order chi connectivity index (χ1) is 12.1. The average Bonchev–Trinajstić information content (AvgIpc) is 2.64. The van der Waals surface area contributed by atoms with Crippen LogP contribution in [0.25, 0.3) is 0 Å². The van der Waals surface area contributed by atoms with E-state index in [1.807, 2.05) is 11.0 Å². The number of pyridine rings is 1. The van der Waals surface area contributed by atoms with Crippen LogP contribution >= 0.6 is 0 Å². The van der Waals surface area contributed by atoms with E-state index in [0.29, 0.717) is 18.8 Å². The molecule has 0 radical (unpaired) electrons. The summed E-state index contributed by atoms with van der Waals surface area (Å²) in [5.41, 5.74) is 2.31. The molecule has 1 fully saturated rings. The number of hydrogen-bond acceptors (Lipinski definition) is 4. The molecule has 0 spiro atoms. The summed E-state index contributed by atoms with van der Waals surface area (Å²) in [6.07, 6.45) is 5.12. The number of hydrogen-bond donors (Lipinski definition) is 0. The van der Waals surface area contributed by atoms with Crippen molar-refractivity contribution in [1.29, 1.82) is 0 Å². The zero-order valence-corrected chi connectivity index (χ0v) is 14.8. The molecule has 2 heterocycles. The van der Waals surface area contributed by atoms with Crippen LogP contribution in [0.3, 0.4) is 0 Å². The number of ether oxygens (including phenoxy) is 2. The molecule has 1 aromatic carbocycles. The van der Waals surface area contributed by atoms with Crippen molar-refractivity contribution in [2.24, 2.45) is 0 Å². The quantitative estimate of drug-likeness (QED) is 0.839. The van der Waals surface area contributed by atoms with Crippen LogP contribution in [-0.4, -0.2) is 41.6 Å². The van der Waals surface area contributed by atoms with Gasteiger partial charge in [0.25, 0.3) is 5.91 Å². The molecule has 0 atom stereocenters. The number of rotatable bonds is 5. The molecule has 1 saturated heterocycles. The fourth-order valence-corrected chi connectivity index (χ4v) is 3.04. The van der Waals surface area contributed by atoms with Crippen LogP contribution in [-0.2, 0) is 4.79 Å². The Morgan fingerprint density at radius 2 is 1.88 bits per heavy atom. The number of aryl methyl sites for hydroxylation is 2. The average molecular weight is 340 g/mol. The number of carbonyl (C=O) groups is 1. The van der Waals surface area contributed by atoms with Gasteiger partial charge in [-0.2, -0.15) is 0 Å². The summed E-state index contributed by atoms with van der Waals surface area (Å²) in [5, 5.41) is 0. The van der Waals surface area contributed by atoms with Gasteiger partial charge in [-0.3, -0.25) is 9.78 Å². The Bertz CT molecular complexity index is 690. The Kier molecular flexibility index (Phi) is 5.53. The Labute approximate surface area is 148 Å². The van der Waals surface area contributed by atoms with Crippen LogP contribution in [0.4, 0.5) is 0 Å². The van der Waals surface area contributed by atoms with E-state index in [9.17, 15) is 4.79 Å². The lowest BCUT2D eigenvalue weighted by Gasteiger charge is -2.32. The van der Waals surface area contributed by atoms with Gasteiger partial charge in [0.1, 0.15) is 17.6 Å². The highest BCUT2D eigenvalue weighted by Crippen LogP contribution is 2.26. The fourth-order valence-electron chi connectivity index (χ4n) is 3.04. The van der Waals surface area contributed by atoms with Gasteiger partial charge in [-0.05, 0) is 37.1 Å². The number of para-hydroxylation sites is 1. The molecule has 0 aliphatic carbocycles. The predicted octanol–water partition coefficient (Wildman–Crippen LogP) is 3.15. The maximum Gasteiger partial charge on any atom is 0.260 e. The van der Waals surface area contributed by atoms with Crippen LogP contribution in [0.1, 0.15) is 24.0 Å². The highest BCUT2D eigenvalue weighted by Gasteiger charge is 2.24. The summed E-state index contributed by atoms with van der Waals surface area (Å²) >= 11 is 0. The molecule has 2 aromatic rings. The maximum absolute atomic E-state index is 12.3. The molecule has 0 unspecified atom stereocenters. The molecular weight excluding hydrogens is 316 g/mol. The SMILES string of the molecule is Cc1cccc(C)c1OC1CCN(C(=O)COc2cccnc2)CC1. The Balaban J connectivity index is 1.47. The molecule has 3 rings (SSSR count). The van der Waals surface area contributed by atoms with Crippen molar-refractivity contribution in [2.45, 2.75) is 32.8 Å². The molecular formula is C20H24N2O3. The summed E-state index contributed by atoms with van der Waals surface area (Å²) in [6, 6.07) is 9.76. The number of likely N-dealkylation sites (tertiary alicyclic amines) is 1. The summed E-state index contributed by atoms with van der Waals surface area (Å²) in [6.45, 7) is 5.58. The third kappa shape index (κ3) is 4.50. The maximum atomic E-state index is 12.3. The van der Waals surface area contributed by atoms with Gasteiger partial charge in [0.15, 0.2) is 6.61 Å². The minimum atomic E-state index is 0.00868. The second-order valence-corrected chi connectivity index (χ2v) is 6.40. The third-order valence-corrected chi connectivity index (χ3v) is 4.48. The second kappa shape index (κ2) is 8.01. The van der Waals surface area contributed by atoms with Crippen molar-refractivity contribution < 1.29 is 14.3 Å². The van der Waals surface area contributed by atoms with Gasteiger partial charge in [-0.15, -0.1) is 0 Å². The van der Waals surface area contributed by atoms with E-state index < -0.39 is 0 Å². The minimum Gasteiger partial charge on any atom is -0.490 e. The summed E-state index contributed by atoms with van der Waals surface area (Å²) < 4.78 is 11.7. The van der Waals surface area contributed by atoms with E-state index in [1.54, 1.807) is 24.5 Å². The first-order valence-corrected chi connectivity index (χ1v) is 8.67. The number of nitrogens with zero attached hydrogens (tertiary/aromatic N) is 2. The first-order valence-electron chi connectivity index (χ1n) is 8.67. The van der Waals surface area contributed by atoms with Crippen LogP contribution in [0.15, 0.2) is 42.7 Å². The molecule has 1 aliphatic heterocycles. The van der Waals surface area contributed by atoms with Crippen LogP contribution in [0.2, 0.25) is 0 Å². The zero-order valence-electron chi connectivity index (χ0n) is 14.8. The lowest BCUT2D eigenvalue weighted by molar-refractivity contribution is -0.135. The zero-order chi connectivity index (χ0) is 17.6. The molecule has 25 heavy (non-hydrogen) atoms. The molecule has 1 amide bonds. The van der Waals surface area contributed by atoms with Crippen LogP contribution in [0.5, 0.6) is 11.5 Å². The Morgan fingerprint density at radius 3 is 2.52 bits per heavy atom. The van der Waals surface area contributed by atoms with Gasteiger partial charge in [0, 0.05) is 32.1 Å². The van der Waals surface area contributed by atoms with E-state index in [2.05, 4.69) is 31.0 Å². The van der Waals surface area contributed by atoms with Crippen LogP contribution in [0, 0.1) is 13.8 Å². The Morgan fingerprint density at radius 1 is 1.16 bits per heavy atom. The van der Waals surface area contributed by atoms with Gasteiger partial charge >= 0.3 is 0 Å². The van der Waals surface area contributed by atoms with Gasteiger partial charge in [0.05, 0.1) is 6.20 Å². The highest BCUT2D eigenvalue weighted by atomic mass is 16.5. The molecule has 0 N–H and O–H groups in total. The van der Waals surface area contributed by atoms with Crippen molar-refractivity contribution in [3.05, 3.63) is 53.9 Å². The predicted molar refractivity (Wildman–Crippen MR) is 95.9 cm³/mol. The first kappa shape index (κ1) is 17.3. The molecule has 1 aromatic heterocycles. The van der Waals surface area contributed by atoms with E-state index in [0.717, 1.165) is 29.7 Å². The van der Waals surface area contributed by atoms with E-state index >= 15 is 0 Å². The van der Waals surface area contributed by atoms with Crippen molar-refractivity contribution in [2.75, 3.05) is 19.7 Å². The van der Waals surface area contributed by atoms with Crippen molar-refractivity contribution in [3.63, 3.8) is 0 Å². The lowest BCUT2D eigenvalue weighted by Crippen LogP contribution is -2.43. The topological polar surface area (TPSA) is 51.7 Å². The highest BCUT2D eigenvalue weighted by molar-refractivity contribution is 5.77. The standard InChI is InChI=1S/C20H24N2O3/c1-15-5-3-6-16(2)20(15)25-17-8-11-22(12-9-17)19(23)14-24-18-7-4-10-21-13-18/h3-7,10,13,17H,8-9,11-12,14H2,1-2H3. The van der Waals surface area contributed by atoms with Crippen molar-refractivity contribution in [1.82, 2.24) is 9.88 Å². The van der Waals surface area contributed by atoms with Gasteiger partial charge < -0.3 is 14.4 Å². The second-order valence-electron chi connectivity index (χ2n) is 6.40. The molecule has 0 bridgehead atoms. The lowest BCUT2D eigenvalue weighted by atomic mass is 10.1. The van der Waals surface area contributed by atoms with E-state index in [1.165, 1.54) is 0 Å². The van der Waals surface area contributed by atoms with Crippen molar-refractivity contribution in [3.8, 4) is 11.5 Å². The van der Waals surface area contributed by atoms with Gasteiger partial charge in [-0.1, -0.05) is 18.2 Å². The summed E-state index contributed by atoms with van der Waals surface area (Å²) in [5.74, 6) is 1.60. The molecule has 5 heteroatoms. The number of benzene rings is 1. The number of piperidine rings is 1. The van der Waals surface area contributed by atoms with E-state index in [-0.39, 0.29) is 18.6 Å². The summed E-state index contributed by atoms with van der Waals surface area (Å²) in [4.78, 5) is 18.1. The number of amides is 1. The molecule has 1 aliphatic rings. The number of carbonyl (C=O) groups excluding carboxylic acids is 1. The molecule has 0 saturated carbocycles. The third-order valence-electron chi connectivity index (χ3n) is 4.48. The van der Waals surface area contributed by atoms with Crippen molar-refractivity contribution >= 4 is 5.91 Å². The van der Waals surface area contributed by atoms with Gasteiger partial charge in [-0.25, -0.2) is 0 Å². The molecule has 5 nitrogen and oxygen atoms in total. The Hall–Kier alpha value is -2.56. The van der Waals surface area contributed by atoms with Gasteiger partial charge in [0.2, 0.25) is 0 Å². The largest absolute Gasteiger partial charge is 0.490 e. The monoisotopic (exact) mass is 340 g/mol. The normalized spacial score (nSPS) is 15.0.